The lowest BCUT2D eigenvalue weighted by atomic mass is 10.0. The number of carbonyl (C=O) groups excluding carboxylic acids is 1. The molecule has 1 heterocycles. The van der Waals surface area contributed by atoms with Gasteiger partial charge >= 0.3 is 5.97 Å². The number of carboxylic acids is 1. The van der Waals surface area contributed by atoms with Crippen molar-refractivity contribution in [2.45, 2.75) is 24.8 Å². The average molecular weight is 339 g/mol. The number of morpholine rings is 1. The summed E-state index contributed by atoms with van der Waals surface area (Å²) in [6, 6.07) is 14.2. The topological polar surface area (TPSA) is 66.8 Å². The van der Waals surface area contributed by atoms with E-state index in [0.717, 1.165) is 6.42 Å². The molecule has 1 saturated carbocycles. The third kappa shape index (κ3) is 3.24. The summed E-state index contributed by atoms with van der Waals surface area (Å²) in [5.74, 6) is -0.608. The first-order chi connectivity index (χ1) is 12.1. The van der Waals surface area contributed by atoms with Crippen LogP contribution in [-0.4, -0.2) is 47.7 Å². The van der Waals surface area contributed by atoms with Gasteiger partial charge in [0.25, 0.3) is 0 Å². The number of nitrogens with zero attached hydrogens (tertiary/aromatic N) is 1. The molecule has 0 bridgehead atoms. The van der Waals surface area contributed by atoms with Crippen LogP contribution in [0.2, 0.25) is 0 Å². The number of hydrogen-bond acceptors (Lipinski definition) is 3. The van der Waals surface area contributed by atoms with E-state index in [1.54, 1.807) is 4.90 Å². The van der Waals surface area contributed by atoms with Crippen LogP contribution in [0.15, 0.2) is 42.5 Å². The molecule has 3 unspecified atom stereocenters. The van der Waals surface area contributed by atoms with Gasteiger partial charge in [0.05, 0.1) is 25.7 Å². The van der Waals surface area contributed by atoms with Crippen molar-refractivity contribution in [2.75, 3.05) is 19.8 Å². The van der Waals surface area contributed by atoms with Gasteiger partial charge in [0.2, 0.25) is 5.91 Å². The van der Waals surface area contributed by atoms with Gasteiger partial charge in [0.15, 0.2) is 0 Å². The van der Waals surface area contributed by atoms with Crippen molar-refractivity contribution in [1.29, 1.82) is 0 Å². The van der Waals surface area contributed by atoms with Gasteiger partial charge in [-0.3, -0.25) is 9.59 Å². The molecule has 4 rings (SSSR count). The van der Waals surface area contributed by atoms with Crippen LogP contribution in [0.4, 0.5) is 0 Å². The third-order valence-corrected chi connectivity index (χ3v) is 5.23. The zero-order chi connectivity index (χ0) is 17.4. The van der Waals surface area contributed by atoms with Crippen molar-refractivity contribution in [3.05, 3.63) is 48.0 Å². The molecule has 1 aliphatic heterocycles. The molecular weight excluding hydrogens is 318 g/mol. The SMILES string of the molecule is O=C(O)CC1COCCN1C(=O)C1CC1c1ccc2ccccc2c1. The summed E-state index contributed by atoms with van der Waals surface area (Å²) < 4.78 is 5.37. The molecule has 1 saturated heterocycles. The highest BCUT2D eigenvalue weighted by molar-refractivity contribution is 5.86. The minimum Gasteiger partial charge on any atom is -0.481 e. The van der Waals surface area contributed by atoms with Crippen LogP contribution >= 0.6 is 0 Å². The molecule has 1 N–H and O–H groups in total. The van der Waals surface area contributed by atoms with E-state index < -0.39 is 5.97 Å². The molecule has 2 aromatic carbocycles. The highest BCUT2D eigenvalue weighted by Gasteiger charge is 2.47. The van der Waals surface area contributed by atoms with Gasteiger partial charge in [-0.25, -0.2) is 0 Å². The van der Waals surface area contributed by atoms with Crippen LogP contribution in [0.3, 0.4) is 0 Å². The van der Waals surface area contributed by atoms with E-state index in [1.165, 1.54) is 16.3 Å². The molecule has 3 atom stereocenters. The van der Waals surface area contributed by atoms with Crippen LogP contribution in [0, 0.1) is 5.92 Å². The zero-order valence-electron chi connectivity index (χ0n) is 13.9. The fourth-order valence-electron chi connectivity index (χ4n) is 3.80. The summed E-state index contributed by atoms with van der Waals surface area (Å²) >= 11 is 0. The summed E-state index contributed by atoms with van der Waals surface area (Å²) in [4.78, 5) is 25.6. The van der Waals surface area contributed by atoms with Crippen molar-refractivity contribution >= 4 is 22.6 Å². The van der Waals surface area contributed by atoms with Gasteiger partial charge in [-0.05, 0) is 28.7 Å². The molecule has 1 aliphatic carbocycles. The second-order valence-electron chi connectivity index (χ2n) is 6.91. The van der Waals surface area contributed by atoms with Crippen molar-refractivity contribution in [3.63, 3.8) is 0 Å². The summed E-state index contributed by atoms with van der Waals surface area (Å²) in [5, 5.41) is 11.4. The van der Waals surface area contributed by atoms with Crippen LogP contribution in [-0.2, 0) is 14.3 Å². The van der Waals surface area contributed by atoms with Crippen molar-refractivity contribution < 1.29 is 19.4 Å². The number of aliphatic carboxylic acids is 1. The molecule has 5 heteroatoms. The lowest BCUT2D eigenvalue weighted by Gasteiger charge is -2.35. The lowest BCUT2D eigenvalue weighted by molar-refractivity contribution is -0.147. The number of rotatable bonds is 4. The zero-order valence-corrected chi connectivity index (χ0v) is 13.9. The first-order valence-corrected chi connectivity index (χ1v) is 8.72. The Hall–Kier alpha value is -2.40. The van der Waals surface area contributed by atoms with E-state index in [-0.39, 0.29) is 30.2 Å². The van der Waals surface area contributed by atoms with Gasteiger partial charge in [-0.2, -0.15) is 0 Å². The van der Waals surface area contributed by atoms with Crippen molar-refractivity contribution in [3.8, 4) is 0 Å². The molecule has 0 aromatic heterocycles. The lowest BCUT2D eigenvalue weighted by Crippen LogP contribution is -2.50. The molecule has 1 amide bonds. The van der Waals surface area contributed by atoms with E-state index in [4.69, 9.17) is 9.84 Å². The number of carboxylic acid groups (broad SMARTS) is 1. The van der Waals surface area contributed by atoms with Gasteiger partial charge in [0, 0.05) is 12.5 Å². The highest BCUT2D eigenvalue weighted by atomic mass is 16.5. The number of benzene rings is 2. The Morgan fingerprint density at radius 1 is 1.16 bits per heavy atom. The van der Waals surface area contributed by atoms with Crippen LogP contribution < -0.4 is 0 Å². The average Bonchev–Trinajstić information content (AvgIpc) is 3.41. The fourth-order valence-corrected chi connectivity index (χ4v) is 3.80. The first-order valence-electron chi connectivity index (χ1n) is 8.72. The minimum absolute atomic E-state index is 0.0319. The van der Waals surface area contributed by atoms with Crippen LogP contribution in [0.25, 0.3) is 10.8 Å². The third-order valence-electron chi connectivity index (χ3n) is 5.23. The van der Waals surface area contributed by atoms with Gasteiger partial charge in [0.1, 0.15) is 0 Å². The summed E-state index contributed by atoms with van der Waals surface area (Å²) in [5.41, 5.74) is 1.19. The molecule has 0 radical (unpaired) electrons. The Bertz CT molecular complexity index is 818. The Morgan fingerprint density at radius 3 is 2.76 bits per heavy atom. The largest absolute Gasteiger partial charge is 0.481 e. The molecular formula is C20H21NO4. The highest BCUT2D eigenvalue weighted by Crippen LogP contribution is 2.49. The van der Waals surface area contributed by atoms with Gasteiger partial charge in [-0.15, -0.1) is 0 Å². The van der Waals surface area contributed by atoms with E-state index in [1.807, 2.05) is 12.1 Å². The smallest absolute Gasteiger partial charge is 0.305 e. The second kappa shape index (κ2) is 6.48. The molecule has 0 spiro atoms. The summed E-state index contributed by atoms with van der Waals surface area (Å²) in [6.45, 7) is 1.28. The molecule has 25 heavy (non-hydrogen) atoms. The number of fused-ring (bicyclic) bond motifs is 1. The van der Waals surface area contributed by atoms with E-state index in [9.17, 15) is 9.59 Å². The number of hydrogen-bond donors (Lipinski definition) is 1. The Morgan fingerprint density at radius 2 is 1.96 bits per heavy atom. The molecule has 2 fully saturated rings. The van der Waals surface area contributed by atoms with Crippen molar-refractivity contribution in [2.24, 2.45) is 5.92 Å². The normalized spacial score (nSPS) is 25.8. The Balaban J connectivity index is 1.49. The van der Waals surface area contributed by atoms with E-state index in [2.05, 4.69) is 30.3 Å². The van der Waals surface area contributed by atoms with Crippen LogP contribution in [0.5, 0.6) is 0 Å². The Labute approximate surface area is 146 Å². The maximum absolute atomic E-state index is 12.9. The molecule has 130 valence electrons. The fraction of sp³-hybridized carbons (Fsp3) is 0.400. The predicted octanol–water partition coefficient (Wildman–Crippen LogP) is 2.65. The predicted molar refractivity (Wildman–Crippen MR) is 93.4 cm³/mol. The van der Waals surface area contributed by atoms with Gasteiger partial charge in [-0.1, -0.05) is 42.5 Å². The number of amides is 1. The molecule has 2 aliphatic rings. The monoisotopic (exact) mass is 339 g/mol. The Kier molecular flexibility index (Phi) is 4.17. The van der Waals surface area contributed by atoms with Crippen molar-refractivity contribution in [1.82, 2.24) is 4.90 Å². The first kappa shape index (κ1) is 16.1. The molecule has 2 aromatic rings. The number of ether oxygens (including phenoxy) is 1. The maximum atomic E-state index is 12.9. The van der Waals surface area contributed by atoms with Gasteiger partial charge < -0.3 is 14.7 Å². The minimum atomic E-state index is -0.893. The quantitative estimate of drug-likeness (QED) is 0.930. The van der Waals surface area contributed by atoms with E-state index in [0.29, 0.717) is 19.8 Å². The standard InChI is InChI=1S/C20H21NO4/c22-19(23)10-16-12-25-8-7-21(16)20(24)18-11-17(18)15-6-5-13-3-1-2-4-14(13)9-15/h1-6,9,16-18H,7-8,10-12H2,(H,22,23). The maximum Gasteiger partial charge on any atom is 0.305 e. The second-order valence-corrected chi connectivity index (χ2v) is 6.91. The molecule has 5 nitrogen and oxygen atoms in total. The number of carbonyl (C=O) groups is 2. The van der Waals surface area contributed by atoms with Crippen LogP contribution in [0.1, 0.15) is 24.3 Å². The summed E-state index contributed by atoms with van der Waals surface area (Å²) in [6.07, 6.45) is 0.785. The summed E-state index contributed by atoms with van der Waals surface area (Å²) in [7, 11) is 0. The van der Waals surface area contributed by atoms with E-state index >= 15 is 0 Å².